The molecule has 126 valence electrons. The van der Waals surface area contributed by atoms with Crippen LogP contribution in [0.3, 0.4) is 0 Å². The molecule has 6 nitrogen and oxygen atoms in total. The standard InChI is InChI=1S/C18H21N3O3/c1-3-12-19-17(22)13-4-6-14(7-5-13)20-18(23)21-15-8-10-16(24-2)11-9-15/h4-11H,3,12H2,1-2H3,(H,19,22)(H2,20,21,23). The molecule has 0 unspecified atom stereocenters. The van der Waals surface area contributed by atoms with Gasteiger partial charge in [-0.15, -0.1) is 0 Å². The Morgan fingerprint density at radius 3 is 1.96 bits per heavy atom. The molecule has 0 spiro atoms. The first-order chi connectivity index (χ1) is 11.6. The molecule has 0 fully saturated rings. The lowest BCUT2D eigenvalue weighted by Crippen LogP contribution is -2.24. The van der Waals surface area contributed by atoms with Crippen LogP contribution in [0.2, 0.25) is 0 Å². The molecule has 24 heavy (non-hydrogen) atoms. The van der Waals surface area contributed by atoms with E-state index in [1.165, 1.54) is 0 Å². The number of ether oxygens (including phenoxy) is 1. The molecule has 0 radical (unpaired) electrons. The average Bonchev–Trinajstić information content (AvgIpc) is 2.61. The lowest BCUT2D eigenvalue weighted by molar-refractivity contribution is 0.0953. The topological polar surface area (TPSA) is 79.5 Å². The van der Waals surface area contributed by atoms with Gasteiger partial charge in [-0.25, -0.2) is 4.79 Å². The van der Waals surface area contributed by atoms with Crippen molar-refractivity contribution in [3.8, 4) is 5.75 Å². The maximum atomic E-state index is 12.0. The van der Waals surface area contributed by atoms with Gasteiger partial charge in [0.1, 0.15) is 5.75 Å². The summed E-state index contributed by atoms with van der Waals surface area (Å²) >= 11 is 0. The van der Waals surface area contributed by atoms with Crippen molar-refractivity contribution in [2.75, 3.05) is 24.3 Å². The van der Waals surface area contributed by atoms with Crippen LogP contribution >= 0.6 is 0 Å². The van der Waals surface area contributed by atoms with Crippen molar-refractivity contribution in [2.45, 2.75) is 13.3 Å². The number of rotatable bonds is 6. The van der Waals surface area contributed by atoms with Crippen molar-refractivity contribution in [2.24, 2.45) is 0 Å². The van der Waals surface area contributed by atoms with Gasteiger partial charge < -0.3 is 20.7 Å². The SMILES string of the molecule is CCCNC(=O)c1ccc(NC(=O)Nc2ccc(OC)cc2)cc1. The molecule has 2 aromatic rings. The van der Waals surface area contributed by atoms with Gasteiger partial charge in [0.15, 0.2) is 0 Å². The summed E-state index contributed by atoms with van der Waals surface area (Å²) in [5.74, 6) is 0.601. The third-order valence-electron chi connectivity index (χ3n) is 3.29. The fourth-order valence-electron chi connectivity index (χ4n) is 2.01. The molecule has 6 heteroatoms. The van der Waals surface area contributed by atoms with Gasteiger partial charge in [-0.3, -0.25) is 4.79 Å². The van der Waals surface area contributed by atoms with Crippen LogP contribution < -0.4 is 20.7 Å². The third-order valence-corrected chi connectivity index (χ3v) is 3.29. The molecule has 0 aliphatic carbocycles. The van der Waals surface area contributed by atoms with Crippen molar-refractivity contribution in [1.29, 1.82) is 0 Å². The van der Waals surface area contributed by atoms with Crippen LogP contribution in [0.25, 0.3) is 0 Å². The van der Waals surface area contributed by atoms with E-state index in [-0.39, 0.29) is 11.9 Å². The second-order valence-corrected chi connectivity index (χ2v) is 5.14. The maximum absolute atomic E-state index is 12.0. The maximum Gasteiger partial charge on any atom is 0.323 e. The Labute approximate surface area is 141 Å². The van der Waals surface area contributed by atoms with Crippen LogP contribution in [0, 0.1) is 0 Å². The fourth-order valence-corrected chi connectivity index (χ4v) is 2.01. The zero-order valence-electron chi connectivity index (χ0n) is 13.8. The molecule has 2 aromatic carbocycles. The smallest absolute Gasteiger partial charge is 0.323 e. The highest BCUT2D eigenvalue weighted by Crippen LogP contribution is 2.16. The van der Waals surface area contributed by atoms with E-state index >= 15 is 0 Å². The summed E-state index contributed by atoms with van der Waals surface area (Å²) in [6.45, 7) is 2.64. The van der Waals surface area contributed by atoms with Gasteiger partial charge in [0.05, 0.1) is 7.11 Å². The van der Waals surface area contributed by atoms with Gasteiger partial charge in [-0.1, -0.05) is 6.92 Å². The predicted octanol–water partition coefficient (Wildman–Crippen LogP) is 3.48. The van der Waals surface area contributed by atoms with Gasteiger partial charge in [-0.05, 0) is 55.0 Å². The van der Waals surface area contributed by atoms with E-state index in [2.05, 4.69) is 16.0 Å². The Kier molecular flexibility index (Phi) is 6.19. The number of methoxy groups -OCH3 is 1. The summed E-state index contributed by atoms with van der Waals surface area (Å²) in [6, 6.07) is 13.4. The number of hydrogen-bond acceptors (Lipinski definition) is 3. The minimum atomic E-state index is -0.358. The normalized spacial score (nSPS) is 9.92. The van der Waals surface area contributed by atoms with E-state index in [0.29, 0.717) is 23.5 Å². The zero-order valence-corrected chi connectivity index (χ0v) is 13.8. The first-order valence-corrected chi connectivity index (χ1v) is 7.72. The summed E-state index contributed by atoms with van der Waals surface area (Å²) < 4.78 is 5.06. The molecule has 0 saturated heterocycles. The molecule has 0 aliphatic heterocycles. The van der Waals surface area contributed by atoms with Crippen molar-refractivity contribution in [3.63, 3.8) is 0 Å². The number of carbonyl (C=O) groups excluding carboxylic acids is 2. The minimum Gasteiger partial charge on any atom is -0.497 e. The van der Waals surface area contributed by atoms with Gasteiger partial charge in [0.2, 0.25) is 0 Å². The number of anilines is 2. The molecule has 0 aliphatic rings. The van der Waals surface area contributed by atoms with Crippen LogP contribution in [-0.4, -0.2) is 25.6 Å². The van der Waals surface area contributed by atoms with Gasteiger partial charge in [-0.2, -0.15) is 0 Å². The molecule has 3 N–H and O–H groups in total. The Balaban J connectivity index is 1.90. The summed E-state index contributed by atoms with van der Waals surface area (Å²) in [7, 11) is 1.58. The van der Waals surface area contributed by atoms with Crippen LogP contribution in [0.5, 0.6) is 5.75 Å². The third kappa shape index (κ3) is 5.01. The summed E-state index contributed by atoms with van der Waals surface area (Å²) in [5.41, 5.74) is 1.82. The Hall–Kier alpha value is -3.02. The lowest BCUT2D eigenvalue weighted by Gasteiger charge is -2.09. The lowest BCUT2D eigenvalue weighted by atomic mass is 10.2. The number of hydrogen-bond donors (Lipinski definition) is 3. The monoisotopic (exact) mass is 327 g/mol. The van der Waals surface area contributed by atoms with Crippen LogP contribution in [-0.2, 0) is 0 Å². The zero-order chi connectivity index (χ0) is 17.4. The molecular weight excluding hydrogens is 306 g/mol. The first kappa shape index (κ1) is 17.3. The van der Waals surface area contributed by atoms with E-state index in [9.17, 15) is 9.59 Å². The second-order valence-electron chi connectivity index (χ2n) is 5.14. The molecular formula is C18H21N3O3. The molecule has 2 rings (SSSR count). The van der Waals surface area contributed by atoms with Crippen molar-refractivity contribution < 1.29 is 14.3 Å². The quantitative estimate of drug-likeness (QED) is 0.760. The van der Waals surface area contributed by atoms with E-state index in [4.69, 9.17) is 4.74 Å². The van der Waals surface area contributed by atoms with E-state index in [1.807, 2.05) is 6.92 Å². The highest BCUT2D eigenvalue weighted by atomic mass is 16.5. The fraction of sp³-hybridized carbons (Fsp3) is 0.222. The summed E-state index contributed by atoms with van der Waals surface area (Å²) in [4.78, 5) is 23.8. The van der Waals surface area contributed by atoms with Crippen molar-refractivity contribution in [3.05, 3.63) is 54.1 Å². The average molecular weight is 327 g/mol. The number of urea groups is 1. The highest BCUT2D eigenvalue weighted by molar-refractivity contribution is 6.00. The summed E-state index contributed by atoms with van der Waals surface area (Å²) in [5, 5.41) is 8.24. The van der Waals surface area contributed by atoms with Crippen LogP contribution in [0.4, 0.5) is 16.2 Å². The predicted molar refractivity (Wildman–Crippen MR) is 94.7 cm³/mol. The Morgan fingerprint density at radius 2 is 1.46 bits per heavy atom. The van der Waals surface area contributed by atoms with Gasteiger partial charge in [0.25, 0.3) is 5.91 Å². The molecule has 0 aromatic heterocycles. The molecule has 0 heterocycles. The minimum absolute atomic E-state index is 0.119. The highest BCUT2D eigenvalue weighted by Gasteiger charge is 2.06. The van der Waals surface area contributed by atoms with Crippen LogP contribution in [0.15, 0.2) is 48.5 Å². The Morgan fingerprint density at radius 1 is 0.917 bits per heavy atom. The molecule has 3 amide bonds. The van der Waals surface area contributed by atoms with Gasteiger partial charge >= 0.3 is 6.03 Å². The van der Waals surface area contributed by atoms with Crippen LogP contribution in [0.1, 0.15) is 23.7 Å². The van der Waals surface area contributed by atoms with E-state index in [0.717, 1.165) is 12.2 Å². The molecule has 0 atom stereocenters. The van der Waals surface area contributed by atoms with Gasteiger partial charge in [0, 0.05) is 23.5 Å². The number of amides is 3. The molecule has 0 bridgehead atoms. The second kappa shape index (κ2) is 8.57. The number of nitrogens with one attached hydrogen (secondary N) is 3. The van der Waals surface area contributed by atoms with Crippen molar-refractivity contribution in [1.82, 2.24) is 5.32 Å². The molecule has 0 saturated carbocycles. The van der Waals surface area contributed by atoms with E-state index in [1.54, 1.807) is 55.6 Å². The summed E-state index contributed by atoms with van der Waals surface area (Å²) in [6.07, 6.45) is 0.886. The first-order valence-electron chi connectivity index (χ1n) is 7.72. The largest absolute Gasteiger partial charge is 0.497 e. The number of carbonyl (C=O) groups is 2. The van der Waals surface area contributed by atoms with Crippen molar-refractivity contribution >= 4 is 23.3 Å². The number of benzene rings is 2. The Bertz CT molecular complexity index is 682. The van der Waals surface area contributed by atoms with E-state index < -0.39 is 0 Å².